The summed E-state index contributed by atoms with van der Waals surface area (Å²) in [5.41, 5.74) is 4.82. The Balaban J connectivity index is 1.31. The summed E-state index contributed by atoms with van der Waals surface area (Å²) in [6.45, 7) is 10.1. The second kappa shape index (κ2) is 14.2. The zero-order valence-electron chi connectivity index (χ0n) is 22.8. The lowest BCUT2D eigenvalue weighted by Crippen LogP contribution is -2.15. The summed E-state index contributed by atoms with van der Waals surface area (Å²) in [4.78, 5) is 28.2. The molecule has 0 fully saturated rings. The Morgan fingerprint density at radius 1 is 0.946 bits per heavy atom. The van der Waals surface area contributed by atoms with Gasteiger partial charge in [-0.3, -0.25) is 9.59 Å². The minimum atomic E-state index is -0.353. The van der Waals surface area contributed by atoms with Crippen molar-refractivity contribution in [1.29, 1.82) is 0 Å². The van der Waals surface area contributed by atoms with E-state index < -0.39 is 0 Å². The number of carbonyl (C=O) groups excluding carboxylic acids is 2. The first-order valence-electron chi connectivity index (χ1n) is 13.4. The van der Waals surface area contributed by atoms with E-state index in [0.29, 0.717) is 40.3 Å². The Kier molecular flexibility index (Phi) is 11.1. The summed E-state index contributed by atoms with van der Waals surface area (Å²) in [5.74, 6) is 1.92. The summed E-state index contributed by atoms with van der Waals surface area (Å²) in [6.07, 6.45) is 7.09. The fourth-order valence-corrected chi connectivity index (χ4v) is 5.16. The lowest BCUT2D eigenvalue weighted by atomic mass is 9.92. The molecule has 1 amide bonds. The number of amides is 1. The van der Waals surface area contributed by atoms with Gasteiger partial charge in [0.2, 0.25) is 5.91 Å². The van der Waals surface area contributed by atoms with Crippen molar-refractivity contribution < 1.29 is 18.7 Å². The van der Waals surface area contributed by atoms with Crippen LogP contribution in [0.5, 0.6) is 5.75 Å². The van der Waals surface area contributed by atoms with E-state index in [2.05, 4.69) is 56.2 Å². The van der Waals surface area contributed by atoms with E-state index in [1.54, 1.807) is 30.0 Å². The van der Waals surface area contributed by atoms with Crippen LogP contribution >= 0.6 is 11.8 Å². The van der Waals surface area contributed by atoms with E-state index >= 15 is 0 Å². The van der Waals surface area contributed by atoms with E-state index in [1.807, 2.05) is 0 Å². The number of carbonyl (C=O) groups is 2. The number of anilines is 1. The molecule has 0 saturated heterocycles. The summed E-state index contributed by atoms with van der Waals surface area (Å²) in [7, 11) is 0. The van der Waals surface area contributed by atoms with Crippen LogP contribution in [0, 0.1) is 0 Å². The van der Waals surface area contributed by atoms with Crippen LogP contribution in [0.1, 0.15) is 103 Å². The minimum absolute atomic E-state index is 0.115. The van der Waals surface area contributed by atoms with Gasteiger partial charge in [-0.15, -0.1) is 0 Å². The first-order chi connectivity index (χ1) is 17.7. The number of unbranched alkanes of at least 4 members (excludes halogenated alkanes) is 5. The zero-order valence-corrected chi connectivity index (χ0v) is 23.6. The average Bonchev–Trinajstić information content (AvgIpc) is 3.24. The summed E-state index contributed by atoms with van der Waals surface area (Å²) >= 11 is 1.61. The number of para-hydroxylation sites is 1. The number of nitrogens with one attached hydrogen (secondary N) is 1. The number of aromatic nitrogens is 1. The van der Waals surface area contributed by atoms with Crippen molar-refractivity contribution in [2.75, 3.05) is 11.1 Å². The molecule has 0 aliphatic rings. The second-order valence-electron chi connectivity index (χ2n) is 10.1. The molecule has 1 N–H and O–H groups in total. The van der Waals surface area contributed by atoms with Crippen LogP contribution < -0.4 is 10.1 Å². The number of fused-ring (bicyclic) bond motifs is 1. The van der Waals surface area contributed by atoms with Crippen molar-refractivity contribution in [3.63, 3.8) is 0 Å². The third-order valence-electron chi connectivity index (χ3n) is 6.26. The second-order valence-corrected chi connectivity index (χ2v) is 11.1. The smallest absolute Gasteiger partial charge is 0.308 e. The molecule has 0 saturated carbocycles. The highest BCUT2D eigenvalue weighted by atomic mass is 32.2. The average molecular weight is 525 g/mol. The normalized spacial score (nSPS) is 11.4. The zero-order chi connectivity index (χ0) is 26.8. The third-order valence-corrected chi connectivity index (χ3v) is 7.18. The molecule has 7 heteroatoms. The number of benzene rings is 2. The number of hydrogen-bond donors (Lipinski definition) is 1. The maximum Gasteiger partial charge on any atom is 0.308 e. The Bertz CT molecular complexity index is 1160. The SMILES string of the molecule is CC(=O)Oc1ccc2oc(SCCCCCCCCC(=O)Nc3c(C(C)C)cccc3C(C)C)nc2c1. The van der Waals surface area contributed by atoms with Crippen molar-refractivity contribution in [3.8, 4) is 5.75 Å². The van der Waals surface area contributed by atoms with E-state index in [-0.39, 0.29) is 11.9 Å². The van der Waals surface area contributed by atoms with Gasteiger partial charge in [0.1, 0.15) is 11.3 Å². The predicted molar refractivity (Wildman–Crippen MR) is 152 cm³/mol. The molecule has 200 valence electrons. The van der Waals surface area contributed by atoms with E-state index in [1.165, 1.54) is 18.1 Å². The molecule has 0 bridgehead atoms. The number of nitrogens with zero attached hydrogens (tertiary/aromatic N) is 1. The maximum atomic E-state index is 12.7. The molecule has 3 rings (SSSR count). The van der Waals surface area contributed by atoms with Crippen molar-refractivity contribution in [3.05, 3.63) is 47.5 Å². The number of oxazole rings is 1. The first kappa shape index (κ1) is 28.8. The fraction of sp³-hybridized carbons (Fsp3) is 0.500. The number of rotatable bonds is 14. The minimum Gasteiger partial charge on any atom is -0.431 e. The van der Waals surface area contributed by atoms with E-state index in [9.17, 15) is 9.59 Å². The summed E-state index contributed by atoms with van der Waals surface area (Å²) < 4.78 is 10.9. The standard InChI is InChI=1S/C30H40N2O4S/c1-20(2)24-13-12-14-25(21(3)4)29(24)32-28(34)15-10-8-6-7-9-11-18-37-30-31-26-19-23(35-22(5)33)16-17-27(26)36-30/h12-14,16-17,19-21H,6-11,15,18H2,1-5H3,(H,32,34). The molecule has 3 aromatic rings. The highest BCUT2D eigenvalue weighted by Crippen LogP contribution is 2.32. The van der Waals surface area contributed by atoms with Crippen LogP contribution in [0.15, 0.2) is 46.0 Å². The Morgan fingerprint density at radius 2 is 1.59 bits per heavy atom. The van der Waals surface area contributed by atoms with Gasteiger partial charge in [-0.1, -0.05) is 83.3 Å². The molecule has 0 unspecified atom stereocenters. The molecule has 0 aliphatic carbocycles. The van der Waals surface area contributed by atoms with E-state index in [0.717, 1.165) is 50.0 Å². The molecule has 0 atom stereocenters. The lowest BCUT2D eigenvalue weighted by molar-refractivity contribution is -0.131. The molecule has 0 radical (unpaired) electrons. The van der Waals surface area contributed by atoms with Crippen LogP contribution in [0.25, 0.3) is 11.1 Å². The van der Waals surface area contributed by atoms with Crippen molar-refractivity contribution in [2.45, 2.75) is 96.6 Å². The number of thioether (sulfide) groups is 1. The van der Waals surface area contributed by atoms with Gasteiger partial charge in [0.15, 0.2) is 5.58 Å². The predicted octanol–water partition coefficient (Wildman–Crippen LogP) is 8.46. The van der Waals surface area contributed by atoms with Gasteiger partial charge in [-0.2, -0.15) is 0 Å². The van der Waals surface area contributed by atoms with Crippen LogP contribution in [-0.2, 0) is 9.59 Å². The number of hydrogen-bond acceptors (Lipinski definition) is 6. The first-order valence-corrected chi connectivity index (χ1v) is 14.4. The molecule has 6 nitrogen and oxygen atoms in total. The largest absolute Gasteiger partial charge is 0.431 e. The van der Waals surface area contributed by atoms with Gasteiger partial charge in [0, 0.05) is 30.9 Å². The monoisotopic (exact) mass is 524 g/mol. The molecule has 2 aromatic carbocycles. The van der Waals surface area contributed by atoms with Crippen molar-refractivity contribution in [2.24, 2.45) is 0 Å². The third kappa shape index (κ3) is 8.92. The Hall–Kier alpha value is -2.80. The van der Waals surface area contributed by atoms with Gasteiger partial charge in [0.05, 0.1) is 0 Å². The van der Waals surface area contributed by atoms with Crippen LogP contribution in [0.4, 0.5) is 5.69 Å². The Morgan fingerprint density at radius 3 is 2.24 bits per heavy atom. The van der Waals surface area contributed by atoms with Gasteiger partial charge in [-0.05, 0) is 47.9 Å². The molecule has 37 heavy (non-hydrogen) atoms. The highest BCUT2D eigenvalue weighted by molar-refractivity contribution is 7.99. The summed E-state index contributed by atoms with van der Waals surface area (Å²) in [6, 6.07) is 11.5. The molecular formula is C30H40N2O4S. The van der Waals surface area contributed by atoms with Gasteiger partial charge >= 0.3 is 5.97 Å². The van der Waals surface area contributed by atoms with Crippen LogP contribution in [-0.4, -0.2) is 22.6 Å². The van der Waals surface area contributed by atoms with Gasteiger partial charge in [-0.25, -0.2) is 4.98 Å². The maximum absolute atomic E-state index is 12.7. The molecule has 1 aromatic heterocycles. The fourth-order valence-electron chi connectivity index (χ4n) is 4.33. The van der Waals surface area contributed by atoms with Crippen LogP contribution in [0.2, 0.25) is 0 Å². The molecular weight excluding hydrogens is 484 g/mol. The van der Waals surface area contributed by atoms with Crippen molar-refractivity contribution >= 4 is 40.4 Å². The molecule has 1 heterocycles. The summed E-state index contributed by atoms with van der Waals surface area (Å²) in [5, 5.41) is 3.86. The quantitative estimate of drug-likeness (QED) is 0.0986. The number of esters is 1. The molecule has 0 aliphatic heterocycles. The number of ether oxygens (including phenoxy) is 1. The van der Waals surface area contributed by atoms with E-state index in [4.69, 9.17) is 9.15 Å². The van der Waals surface area contributed by atoms with Crippen molar-refractivity contribution in [1.82, 2.24) is 4.98 Å². The molecule has 0 spiro atoms. The van der Waals surface area contributed by atoms with Crippen LogP contribution in [0.3, 0.4) is 0 Å². The lowest BCUT2D eigenvalue weighted by Gasteiger charge is -2.20. The Labute approximate surface area is 224 Å². The topological polar surface area (TPSA) is 81.4 Å². The highest BCUT2D eigenvalue weighted by Gasteiger charge is 2.15. The van der Waals surface area contributed by atoms with Gasteiger partial charge in [0.25, 0.3) is 5.22 Å². The van der Waals surface area contributed by atoms with Gasteiger partial charge < -0.3 is 14.5 Å².